The van der Waals surface area contributed by atoms with E-state index in [1.54, 1.807) is 24.6 Å². The van der Waals surface area contributed by atoms with Crippen molar-refractivity contribution in [2.45, 2.75) is 6.10 Å². The molecule has 1 aliphatic rings. The van der Waals surface area contributed by atoms with Gasteiger partial charge in [0.25, 0.3) is 0 Å². The van der Waals surface area contributed by atoms with Crippen molar-refractivity contribution in [2.24, 2.45) is 0 Å². The van der Waals surface area contributed by atoms with Gasteiger partial charge in [-0.15, -0.1) is 0 Å². The standard InChI is InChI=1S/C17H19ClN2O3/c18-14-5-6-17(19-11-14)23-13-16-12-20(8-10-22-16)7-1-3-15-4-2-9-21-15/h1-6,9,11,16H,7-8,10,12-13H2/b3-1-. The third-order valence-electron chi connectivity index (χ3n) is 3.53. The Balaban J connectivity index is 1.43. The van der Waals surface area contributed by atoms with E-state index in [4.69, 9.17) is 25.5 Å². The third kappa shape index (κ3) is 5.10. The number of aromatic nitrogens is 1. The molecule has 2 aromatic heterocycles. The predicted molar refractivity (Wildman–Crippen MR) is 88.7 cm³/mol. The van der Waals surface area contributed by atoms with Gasteiger partial charge in [0.1, 0.15) is 18.5 Å². The fourth-order valence-electron chi connectivity index (χ4n) is 2.38. The van der Waals surface area contributed by atoms with Gasteiger partial charge in [-0.25, -0.2) is 4.98 Å². The Bertz CT molecular complexity index is 613. The van der Waals surface area contributed by atoms with Crippen molar-refractivity contribution in [3.8, 4) is 5.88 Å². The van der Waals surface area contributed by atoms with Gasteiger partial charge in [0.15, 0.2) is 0 Å². The van der Waals surface area contributed by atoms with E-state index in [1.807, 2.05) is 18.2 Å². The van der Waals surface area contributed by atoms with Crippen LogP contribution in [0.25, 0.3) is 6.08 Å². The number of halogens is 1. The van der Waals surface area contributed by atoms with E-state index in [1.165, 1.54) is 0 Å². The van der Waals surface area contributed by atoms with Crippen molar-refractivity contribution in [1.29, 1.82) is 0 Å². The molecule has 122 valence electrons. The fourth-order valence-corrected chi connectivity index (χ4v) is 2.49. The molecule has 0 saturated carbocycles. The first-order valence-corrected chi connectivity index (χ1v) is 7.96. The third-order valence-corrected chi connectivity index (χ3v) is 3.75. The van der Waals surface area contributed by atoms with E-state index in [-0.39, 0.29) is 6.10 Å². The Morgan fingerprint density at radius 2 is 2.35 bits per heavy atom. The molecule has 1 unspecified atom stereocenters. The average Bonchev–Trinajstić information content (AvgIpc) is 3.08. The molecule has 23 heavy (non-hydrogen) atoms. The molecular weight excluding hydrogens is 316 g/mol. The maximum absolute atomic E-state index is 5.80. The number of hydrogen-bond donors (Lipinski definition) is 0. The molecule has 0 aromatic carbocycles. The molecular formula is C17H19ClN2O3. The molecule has 5 nitrogen and oxygen atoms in total. The number of hydrogen-bond acceptors (Lipinski definition) is 5. The van der Waals surface area contributed by atoms with Crippen LogP contribution in [0.3, 0.4) is 0 Å². The van der Waals surface area contributed by atoms with E-state index in [2.05, 4.69) is 16.0 Å². The van der Waals surface area contributed by atoms with E-state index >= 15 is 0 Å². The van der Waals surface area contributed by atoms with Crippen LogP contribution in [-0.2, 0) is 4.74 Å². The van der Waals surface area contributed by atoms with Crippen molar-refractivity contribution >= 4 is 17.7 Å². The molecule has 1 fully saturated rings. The summed E-state index contributed by atoms with van der Waals surface area (Å²) < 4.78 is 16.7. The van der Waals surface area contributed by atoms with Crippen LogP contribution in [0.15, 0.2) is 47.2 Å². The van der Waals surface area contributed by atoms with Gasteiger partial charge in [-0.3, -0.25) is 4.90 Å². The molecule has 6 heteroatoms. The largest absolute Gasteiger partial charge is 0.475 e. The Labute approximate surface area is 140 Å². The fraction of sp³-hybridized carbons (Fsp3) is 0.353. The molecule has 0 aliphatic carbocycles. The van der Waals surface area contributed by atoms with Gasteiger partial charge < -0.3 is 13.9 Å². The number of rotatable bonds is 6. The van der Waals surface area contributed by atoms with Gasteiger partial charge in [-0.05, 0) is 24.3 Å². The summed E-state index contributed by atoms with van der Waals surface area (Å²) in [4.78, 5) is 6.44. The highest BCUT2D eigenvalue weighted by atomic mass is 35.5. The molecule has 0 amide bonds. The van der Waals surface area contributed by atoms with Crippen LogP contribution >= 0.6 is 11.6 Å². The van der Waals surface area contributed by atoms with Crippen LogP contribution < -0.4 is 4.74 Å². The van der Waals surface area contributed by atoms with Crippen molar-refractivity contribution in [1.82, 2.24) is 9.88 Å². The highest BCUT2D eigenvalue weighted by Crippen LogP contribution is 2.13. The predicted octanol–water partition coefficient (Wildman–Crippen LogP) is 3.12. The zero-order valence-electron chi connectivity index (χ0n) is 12.7. The smallest absolute Gasteiger partial charge is 0.213 e. The van der Waals surface area contributed by atoms with Gasteiger partial charge in [0.05, 0.1) is 17.9 Å². The highest BCUT2D eigenvalue weighted by molar-refractivity contribution is 6.30. The van der Waals surface area contributed by atoms with Crippen LogP contribution in [0.1, 0.15) is 5.76 Å². The topological polar surface area (TPSA) is 47.7 Å². The van der Waals surface area contributed by atoms with Crippen molar-refractivity contribution in [2.75, 3.05) is 32.8 Å². The maximum Gasteiger partial charge on any atom is 0.213 e. The molecule has 0 bridgehead atoms. The van der Waals surface area contributed by atoms with Gasteiger partial charge in [0, 0.05) is 31.9 Å². The summed E-state index contributed by atoms with van der Waals surface area (Å²) in [6, 6.07) is 7.34. The van der Waals surface area contributed by atoms with E-state index in [9.17, 15) is 0 Å². The minimum atomic E-state index is 0.0400. The first-order chi connectivity index (χ1) is 11.3. The SMILES string of the molecule is Clc1ccc(OCC2CN(C/C=C\c3ccco3)CCO2)nc1. The summed E-state index contributed by atoms with van der Waals surface area (Å²) in [7, 11) is 0. The summed E-state index contributed by atoms with van der Waals surface area (Å²) >= 11 is 5.80. The molecule has 1 aliphatic heterocycles. The summed E-state index contributed by atoms with van der Waals surface area (Å²) in [5, 5.41) is 0.598. The average molecular weight is 335 g/mol. The van der Waals surface area contributed by atoms with Gasteiger partial charge >= 0.3 is 0 Å². The van der Waals surface area contributed by atoms with E-state index in [0.29, 0.717) is 24.1 Å². The zero-order valence-corrected chi connectivity index (χ0v) is 13.5. The molecule has 0 N–H and O–H groups in total. The summed E-state index contributed by atoms with van der Waals surface area (Å²) in [5.74, 6) is 1.43. The lowest BCUT2D eigenvalue weighted by atomic mass is 10.2. The quantitative estimate of drug-likeness (QED) is 0.812. The Hall–Kier alpha value is -1.82. The van der Waals surface area contributed by atoms with E-state index in [0.717, 1.165) is 25.4 Å². The second kappa shape index (κ2) is 8.15. The first kappa shape index (κ1) is 16.1. The van der Waals surface area contributed by atoms with Gasteiger partial charge in [-0.1, -0.05) is 17.7 Å². The molecule has 3 heterocycles. The maximum atomic E-state index is 5.80. The minimum absolute atomic E-state index is 0.0400. The number of nitrogens with zero attached hydrogens (tertiary/aromatic N) is 2. The lowest BCUT2D eigenvalue weighted by Gasteiger charge is -2.31. The summed E-state index contributed by atoms with van der Waals surface area (Å²) in [6.45, 7) is 3.79. The Morgan fingerprint density at radius 1 is 1.39 bits per heavy atom. The van der Waals surface area contributed by atoms with Crippen molar-refractivity contribution in [3.05, 3.63) is 53.6 Å². The number of pyridine rings is 1. The normalized spacial score (nSPS) is 19.3. The number of furan rings is 1. The Morgan fingerprint density at radius 3 is 3.13 bits per heavy atom. The molecule has 3 rings (SSSR count). The summed E-state index contributed by atoms with van der Waals surface area (Å²) in [6.07, 6.45) is 7.37. The van der Waals surface area contributed by atoms with Crippen LogP contribution in [0.4, 0.5) is 0 Å². The van der Waals surface area contributed by atoms with Crippen LogP contribution in [0, 0.1) is 0 Å². The lowest BCUT2D eigenvalue weighted by Crippen LogP contribution is -2.44. The second-order valence-electron chi connectivity index (χ2n) is 5.30. The molecule has 1 saturated heterocycles. The van der Waals surface area contributed by atoms with Crippen LogP contribution in [-0.4, -0.2) is 48.8 Å². The molecule has 2 aromatic rings. The van der Waals surface area contributed by atoms with Crippen molar-refractivity contribution in [3.63, 3.8) is 0 Å². The second-order valence-corrected chi connectivity index (χ2v) is 5.73. The summed E-state index contributed by atoms with van der Waals surface area (Å²) in [5.41, 5.74) is 0. The minimum Gasteiger partial charge on any atom is -0.475 e. The molecule has 0 spiro atoms. The van der Waals surface area contributed by atoms with Crippen LogP contribution in [0.5, 0.6) is 5.88 Å². The zero-order chi connectivity index (χ0) is 15.9. The molecule has 1 atom stereocenters. The molecule has 0 radical (unpaired) electrons. The van der Waals surface area contributed by atoms with Crippen molar-refractivity contribution < 1.29 is 13.9 Å². The highest BCUT2D eigenvalue weighted by Gasteiger charge is 2.20. The number of morpholine rings is 1. The number of ether oxygens (including phenoxy) is 2. The first-order valence-electron chi connectivity index (χ1n) is 7.58. The monoisotopic (exact) mass is 334 g/mol. The lowest BCUT2D eigenvalue weighted by molar-refractivity contribution is -0.0452. The van der Waals surface area contributed by atoms with E-state index < -0.39 is 0 Å². The van der Waals surface area contributed by atoms with Gasteiger partial charge in [0.2, 0.25) is 5.88 Å². The van der Waals surface area contributed by atoms with Crippen LogP contribution in [0.2, 0.25) is 5.02 Å². The Kier molecular flexibility index (Phi) is 5.69. The van der Waals surface area contributed by atoms with Gasteiger partial charge in [-0.2, -0.15) is 0 Å².